The number of hydrogen-bond donors (Lipinski definition) is 1. The molecule has 1 atom stereocenters. The van der Waals surface area contributed by atoms with E-state index >= 15 is 0 Å². The lowest BCUT2D eigenvalue weighted by Crippen LogP contribution is -2.40. The Morgan fingerprint density at radius 3 is 2.54 bits per heavy atom. The summed E-state index contributed by atoms with van der Waals surface area (Å²) in [5, 5.41) is 14.1. The van der Waals surface area contributed by atoms with Crippen molar-refractivity contribution in [2.45, 2.75) is 39.3 Å². The van der Waals surface area contributed by atoms with Gasteiger partial charge in [-0.3, -0.25) is 9.58 Å². The maximum Gasteiger partial charge on any atom is 0.411 e. The van der Waals surface area contributed by atoms with E-state index in [1.54, 1.807) is 17.9 Å². The van der Waals surface area contributed by atoms with Gasteiger partial charge in [0.25, 0.3) is 0 Å². The lowest BCUT2D eigenvalue weighted by atomic mass is 10.0. The molecule has 1 aromatic carbocycles. The molecule has 0 spiro atoms. The second-order valence-corrected chi connectivity index (χ2v) is 6.03. The largest absolute Gasteiger partial charge is 0.479 e. The second-order valence-electron chi connectivity index (χ2n) is 6.03. The molecule has 7 heteroatoms. The molecule has 1 aromatic heterocycles. The fraction of sp³-hybridized carbons (Fsp3) is 0.421. The molecule has 1 amide bonds. The topological polar surface area (TPSA) is 84.7 Å². The van der Waals surface area contributed by atoms with Gasteiger partial charge in [0.15, 0.2) is 6.04 Å². The molecule has 1 unspecified atom stereocenters. The average Bonchev–Trinajstić information content (AvgIpc) is 3.00. The maximum absolute atomic E-state index is 12.6. The Balaban J connectivity index is 2.25. The van der Waals surface area contributed by atoms with Crippen molar-refractivity contribution in [1.29, 1.82) is 0 Å². The van der Waals surface area contributed by atoms with Crippen LogP contribution in [-0.4, -0.2) is 38.4 Å². The fourth-order valence-corrected chi connectivity index (χ4v) is 2.86. The van der Waals surface area contributed by atoms with Gasteiger partial charge < -0.3 is 9.84 Å². The van der Waals surface area contributed by atoms with Crippen molar-refractivity contribution in [3.63, 3.8) is 0 Å². The van der Waals surface area contributed by atoms with Crippen LogP contribution in [0.3, 0.4) is 0 Å². The molecule has 0 fully saturated rings. The number of aliphatic carboxylic acids is 1. The standard InChI is InChI=1S/C19H25N3O4/c1-4-11-22(19(25)26-13-14-9-7-6-8-10-14)17(18(23)24)15-12-21(3)20-16(15)5-2/h6-10,12,17H,4-5,11,13H2,1-3H3,(H,23,24). The van der Waals surface area contributed by atoms with E-state index in [4.69, 9.17) is 4.74 Å². The van der Waals surface area contributed by atoms with Crippen LogP contribution in [0.15, 0.2) is 36.5 Å². The van der Waals surface area contributed by atoms with Crippen LogP contribution in [-0.2, 0) is 29.6 Å². The van der Waals surface area contributed by atoms with Gasteiger partial charge in [0.2, 0.25) is 0 Å². The minimum absolute atomic E-state index is 0.0971. The zero-order chi connectivity index (χ0) is 19.1. The molecule has 0 saturated heterocycles. The van der Waals surface area contributed by atoms with Gasteiger partial charge in [-0.15, -0.1) is 0 Å². The molecule has 7 nitrogen and oxygen atoms in total. The van der Waals surface area contributed by atoms with E-state index in [1.165, 1.54) is 4.90 Å². The van der Waals surface area contributed by atoms with Gasteiger partial charge >= 0.3 is 12.1 Å². The summed E-state index contributed by atoms with van der Waals surface area (Å²) in [5.41, 5.74) is 2.03. The van der Waals surface area contributed by atoms with Gasteiger partial charge in [-0.2, -0.15) is 5.10 Å². The van der Waals surface area contributed by atoms with Crippen molar-refractivity contribution in [3.8, 4) is 0 Å². The number of carbonyl (C=O) groups is 2. The van der Waals surface area contributed by atoms with Gasteiger partial charge in [0, 0.05) is 25.4 Å². The Kier molecular flexibility index (Phi) is 6.77. The van der Waals surface area contributed by atoms with E-state index < -0.39 is 18.1 Å². The highest BCUT2D eigenvalue weighted by Crippen LogP contribution is 2.26. The third kappa shape index (κ3) is 4.62. The number of benzene rings is 1. The van der Waals surface area contributed by atoms with Crippen molar-refractivity contribution in [1.82, 2.24) is 14.7 Å². The zero-order valence-electron chi connectivity index (χ0n) is 15.4. The number of aryl methyl sites for hydroxylation is 2. The highest BCUT2D eigenvalue weighted by atomic mass is 16.6. The van der Waals surface area contributed by atoms with E-state index in [-0.39, 0.29) is 13.2 Å². The molecule has 26 heavy (non-hydrogen) atoms. The summed E-state index contributed by atoms with van der Waals surface area (Å²) in [4.78, 5) is 25.9. The smallest absolute Gasteiger partial charge is 0.411 e. The third-order valence-electron chi connectivity index (χ3n) is 4.02. The quantitative estimate of drug-likeness (QED) is 0.782. The highest BCUT2D eigenvalue weighted by Gasteiger charge is 2.34. The number of rotatable bonds is 8. The number of carboxylic acid groups (broad SMARTS) is 1. The van der Waals surface area contributed by atoms with Crippen LogP contribution < -0.4 is 0 Å². The first-order chi connectivity index (χ1) is 12.5. The van der Waals surface area contributed by atoms with E-state index in [1.807, 2.05) is 44.2 Å². The van der Waals surface area contributed by atoms with Gasteiger partial charge in [0.1, 0.15) is 6.61 Å². The van der Waals surface area contributed by atoms with Gasteiger partial charge in [0.05, 0.1) is 5.69 Å². The molecular weight excluding hydrogens is 334 g/mol. The predicted molar refractivity (Wildman–Crippen MR) is 96.6 cm³/mol. The summed E-state index contributed by atoms with van der Waals surface area (Å²) in [6, 6.07) is 8.17. The number of ether oxygens (including phenoxy) is 1. The van der Waals surface area contributed by atoms with Crippen molar-refractivity contribution in [2.24, 2.45) is 7.05 Å². The Morgan fingerprint density at radius 2 is 1.96 bits per heavy atom. The summed E-state index contributed by atoms with van der Waals surface area (Å²) in [5.74, 6) is -1.10. The van der Waals surface area contributed by atoms with E-state index in [0.717, 1.165) is 5.56 Å². The Labute approximate surface area is 153 Å². The van der Waals surface area contributed by atoms with Crippen LogP contribution in [0, 0.1) is 0 Å². The monoisotopic (exact) mass is 359 g/mol. The first-order valence-electron chi connectivity index (χ1n) is 8.70. The Morgan fingerprint density at radius 1 is 1.27 bits per heavy atom. The number of nitrogens with zero attached hydrogens (tertiary/aromatic N) is 3. The normalized spacial score (nSPS) is 11.8. The number of amides is 1. The van der Waals surface area contributed by atoms with Crippen molar-refractivity contribution in [2.75, 3.05) is 6.54 Å². The van der Waals surface area contributed by atoms with Crippen molar-refractivity contribution >= 4 is 12.1 Å². The minimum atomic E-state index is -1.12. The van der Waals surface area contributed by atoms with Crippen LogP contribution >= 0.6 is 0 Å². The Hall–Kier alpha value is -2.83. The lowest BCUT2D eigenvalue weighted by molar-refractivity contribution is -0.143. The highest BCUT2D eigenvalue weighted by molar-refractivity contribution is 5.81. The fourth-order valence-electron chi connectivity index (χ4n) is 2.86. The molecule has 0 aliphatic carbocycles. The van der Waals surface area contributed by atoms with Gasteiger partial charge in [-0.1, -0.05) is 44.2 Å². The third-order valence-corrected chi connectivity index (χ3v) is 4.02. The summed E-state index contributed by atoms with van der Waals surface area (Å²) in [6.07, 6.45) is 2.21. The van der Waals surface area contributed by atoms with Crippen LogP contribution in [0.2, 0.25) is 0 Å². The second kappa shape index (κ2) is 9.03. The van der Waals surface area contributed by atoms with Crippen LogP contribution in [0.25, 0.3) is 0 Å². The molecule has 0 bridgehead atoms. The molecule has 2 rings (SSSR count). The summed E-state index contributed by atoms with van der Waals surface area (Å²) in [6.45, 7) is 4.17. The predicted octanol–water partition coefficient (Wildman–Crippen LogP) is 3.16. The van der Waals surface area contributed by atoms with Crippen LogP contribution in [0.5, 0.6) is 0 Å². The number of hydrogen-bond acceptors (Lipinski definition) is 4. The zero-order valence-corrected chi connectivity index (χ0v) is 15.4. The molecule has 0 aliphatic heterocycles. The van der Waals surface area contributed by atoms with E-state index in [9.17, 15) is 14.7 Å². The molecule has 1 heterocycles. The molecule has 1 N–H and O–H groups in total. The SMILES string of the molecule is CCCN(C(=O)OCc1ccccc1)C(C(=O)O)c1cn(C)nc1CC. The molecular formula is C19H25N3O4. The molecule has 0 radical (unpaired) electrons. The van der Waals surface area contributed by atoms with Crippen molar-refractivity contribution in [3.05, 3.63) is 53.3 Å². The van der Waals surface area contributed by atoms with Crippen LogP contribution in [0.1, 0.15) is 43.1 Å². The molecule has 2 aromatic rings. The molecule has 0 saturated carbocycles. The minimum Gasteiger partial charge on any atom is -0.479 e. The molecule has 140 valence electrons. The maximum atomic E-state index is 12.6. The van der Waals surface area contributed by atoms with Crippen molar-refractivity contribution < 1.29 is 19.4 Å². The summed E-state index contributed by atoms with van der Waals surface area (Å²) < 4.78 is 6.95. The summed E-state index contributed by atoms with van der Waals surface area (Å²) in [7, 11) is 1.74. The van der Waals surface area contributed by atoms with Gasteiger partial charge in [-0.05, 0) is 18.4 Å². The van der Waals surface area contributed by atoms with E-state index in [2.05, 4.69) is 5.10 Å². The average molecular weight is 359 g/mol. The van der Waals surface area contributed by atoms with Gasteiger partial charge in [-0.25, -0.2) is 9.59 Å². The first kappa shape index (κ1) is 19.5. The lowest BCUT2D eigenvalue weighted by Gasteiger charge is -2.28. The first-order valence-corrected chi connectivity index (χ1v) is 8.70. The Bertz CT molecular complexity index is 742. The number of carboxylic acids is 1. The summed E-state index contributed by atoms with van der Waals surface area (Å²) >= 11 is 0. The van der Waals surface area contributed by atoms with Crippen LogP contribution in [0.4, 0.5) is 4.79 Å². The molecule has 0 aliphatic rings. The number of aromatic nitrogens is 2. The van der Waals surface area contributed by atoms with E-state index in [0.29, 0.717) is 24.1 Å². The number of carbonyl (C=O) groups excluding carboxylic acids is 1.